The largest absolute Gasteiger partial charge is 0.488 e. The first-order valence-corrected chi connectivity index (χ1v) is 8.12. The van der Waals surface area contributed by atoms with Gasteiger partial charge in [-0.25, -0.2) is 4.79 Å². The zero-order chi connectivity index (χ0) is 17.6. The van der Waals surface area contributed by atoms with Crippen LogP contribution in [0, 0.1) is 0 Å². The SMILES string of the molecule is CCOC(=O)c1n[nH]nc1-c1ccccc1OCc1ccccc1Cl. The lowest BCUT2D eigenvalue weighted by Crippen LogP contribution is -2.07. The van der Waals surface area contributed by atoms with E-state index in [9.17, 15) is 4.79 Å². The lowest BCUT2D eigenvalue weighted by atomic mass is 10.1. The summed E-state index contributed by atoms with van der Waals surface area (Å²) < 4.78 is 10.9. The van der Waals surface area contributed by atoms with Crippen LogP contribution in [0.25, 0.3) is 11.3 Å². The smallest absolute Gasteiger partial charge is 0.361 e. The second-order valence-corrected chi connectivity index (χ2v) is 5.52. The van der Waals surface area contributed by atoms with Gasteiger partial charge in [-0.2, -0.15) is 10.3 Å². The van der Waals surface area contributed by atoms with E-state index >= 15 is 0 Å². The Bertz CT molecular complexity index is 879. The summed E-state index contributed by atoms with van der Waals surface area (Å²) >= 11 is 6.16. The van der Waals surface area contributed by atoms with Crippen LogP contribution in [0.4, 0.5) is 0 Å². The molecule has 0 amide bonds. The van der Waals surface area contributed by atoms with Crippen LogP contribution in [-0.4, -0.2) is 28.0 Å². The summed E-state index contributed by atoms with van der Waals surface area (Å²) in [6.07, 6.45) is 0. The van der Waals surface area contributed by atoms with Crippen LogP contribution >= 0.6 is 11.6 Å². The van der Waals surface area contributed by atoms with Gasteiger partial charge in [0, 0.05) is 16.1 Å². The molecule has 1 aromatic heterocycles. The number of aromatic nitrogens is 3. The van der Waals surface area contributed by atoms with E-state index in [4.69, 9.17) is 21.1 Å². The molecule has 25 heavy (non-hydrogen) atoms. The van der Waals surface area contributed by atoms with Crippen molar-refractivity contribution < 1.29 is 14.3 Å². The summed E-state index contributed by atoms with van der Waals surface area (Å²) in [6, 6.07) is 14.7. The highest BCUT2D eigenvalue weighted by atomic mass is 35.5. The number of esters is 1. The molecule has 3 aromatic rings. The summed E-state index contributed by atoms with van der Waals surface area (Å²) in [4.78, 5) is 12.0. The highest BCUT2D eigenvalue weighted by Crippen LogP contribution is 2.31. The number of ether oxygens (including phenoxy) is 2. The molecule has 0 radical (unpaired) electrons. The molecule has 0 aliphatic heterocycles. The van der Waals surface area contributed by atoms with E-state index < -0.39 is 5.97 Å². The number of nitrogens with one attached hydrogen (secondary N) is 1. The number of H-pyrrole nitrogens is 1. The van der Waals surface area contributed by atoms with E-state index in [1.807, 2.05) is 42.5 Å². The van der Waals surface area contributed by atoms with Gasteiger partial charge < -0.3 is 9.47 Å². The fourth-order valence-corrected chi connectivity index (χ4v) is 2.51. The van der Waals surface area contributed by atoms with Crippen LogP contribution in [0.1, 0.15) is 23.0 Å². The van der Waals surface area contributed by atoms with Gasteiger partial charge in [-0.05, 0) is 25.1 Å². The van der Waals surface area contributed by atoms with Crippen molar-refractivity contribution in [2.75, 3.05) is 6.61 Å². The number of halogens is 1. The van der Waals surface area contributed by atoms with Crippen molar-refractivity contribution in [3.63, 3.8) is 0 Å². The van der Waals surface area contributed by atoms with Crippen molar-refractivity contribution in [1.29, 1.82) is 0 Å². The maximum absolute atomic E-state index is 12.0. The molecule has 0 spiro atoms. The Morgan fingerprint density at radius 2 is 1.88 bits per heavy atom. The quantitative estimate of drug-likeness (QED) is 0.677. The van der Waals surface area contributed by atoms with E-state index in [1.54, 1.807) is 13.0 Å². The Morgan fingerprint density at radius 1 is 1.12 bits per heavy atom. The third kappa shape index (κ3) is 3.80. The molecule has 0 unspecified atom stereocenters. The minimum Gasteiger partial charge on any atom is -0.488 e. The number of nitrogens with zero attached hydrogens (tertiary/aromatic N) is 2. The molecule has 0 saturated heterocycles. The minimum atomic E-state index is -0.535. The molecule has 1 heterocycles. The predicted molar refractivity (Wildman–Crippen MR) is 93.6 cm³/mol. The van der Waals surface area contributed by atoms with Gasteiger partial charge in [0.05, 0.1) is 6.61 Å². The molecule has 1 N–H and O–H groups in total. The lowest BCUT2D eigenvalue weighted by molar-refractivity contribution is 0.0520. The summed E-state index contributed by atoms with van der Waals surface area (Å²) in [5, 5.41) is 11.1. The van der Waals surface area contributed by atoms with Crippen LogP contribution < -0.4 is 4.74 Å². The van der Waals surface area contributed by atoms with Crippen molar-refractivity contribution in [2.45, 2.75) is 13.5 Å². The highest BCUT2D eigenvalue weighted by molar-refractivity contribution is 6.31. The number of carbonyl (C=O) groups is 1. The van der Waals surface area contributed by atoms with Gasteiger partial charge in [0.2, 0.25) is 0 Å². The molecule has 2 aromatic carbocycles. The molecule has 0 saturated carbocycles. The van der Waals surface area contributed by atoms with Gasteiger partial charge in [-0.3, -0.25) is 0 Å². The lowest BCUT2D eigenvalue weighted by Gasteiger charge is -2.11. The van der Waals surface area contributed by atoms with Gasteiger partial charge in [-0.1, -0.05) is 41.9 Å². The maximum Gasteiger partial charge on any atom is 0.361 e. The van der Waals surface area contributed by atoms with E-state index in [0.29, 0.717) is 28.6 Å². The van der Waals surface area contributed by atoms with Gasteiger partial charge in [-0.15, -0.1) is 5.10 Å². The van der Waals surface area contributed by atoms with E-state index in [2.05, 4.69) is 15.4 Å². The first-order chi connectivity index (χ1) is 12.2. The highest BCUT2D eigenvalue weighted by Gasteiger charge is 2.21. The molecule has 7 heteroatoms. The molecular formula is C18H16ClN3O3. The number of benzene rings is 2. The third-order valence-corrected chi connectivity index (χ3v) is 3.87. The number of para-hydroxylation sites is 1. The fraction of sp³-hybridized carbons (Fsp3) is 0.167. The van der Waals surface area contributed by atoms with Crippen molar-refractivity contribution in [2.24, 2.45) is 0 Å². The van der Waals surface area contributed by atoms with E-state index in [-0.39, 0.29) is 12.3 Å². The molecule has 6 nitrogen and oxygen atoms in total. The molecular weight excluding hydrogens is 342 g/mol. The Kier molecular flexibility index (Phi) is 5.30. The monoisotopic (exact) mass is 357 g/mol. The molecule has 0 aliphatic carbocycles. The van der Waals surface area contributed by atoms with Gasteiger partial charge in [0.15, 0.2) is 5.69 Å². The van der Waals surface area contributed by atoms with Crippen molar-refractivity contribution in [3.05, 3.63) is 64.8 Å². The molecule has 0 atom stereocenters. The summed E-state index contributed by atoms with van der Waals surface area (Å²) in [7, 11) is 0. The number of carbonyl (C=O) groups excluding carboxylic acids is 1. The van der Waals surface area contributed by atoms with Crippen LogP contribution in [0.3, 0.4) is 0 Å². The Hall–Kier alpha value is -2.86. The Morgan fingerprint density at radius 3 is 2.68 bits per heavy atom. The average molecular weight is 358 g/mol. The Balaban J connectivity index is 1.88. The second kappa shape index (κ2) is 7.81. The second-order valence-electron chi connectivity index (χ2n) is 5.12. The normalized spacial score (nSPS) is 10.5. The van der Waals surface area contributed by atoms with Crippen LogP contribution in [0.15, 0.2) is 48.5 Å². The van der Waals surface area contributed by atoms with Crippen molar-refractivity contribution in [3.8, 4) is 17.0 Å². The zero-order valence-electron chi connectivity index (χ0n) is 13.5. The number of hydrogen-bond donors (Lipinski definition) is 1. The van der Waals surface area contributed by atoms with Crippen LogP contribution in [-0.2, 0) is 11.3 Å². The predicted octanol–water partition coefficient (Wildman–Crippen LogP) is 3.88. The first-order valence-electron chi connectivity index (χ1n) is 7.74. The van der Waals surface area contributed by atoms with Gasteiger partial charge >= 0.3 is 5.97 Å². The van der Waals surface area contributed by atoms with Crippen molar-refractivity contribution in [1.82, 2.24) is 15.4 Å². The standard InChI is InChI=1S/C18H16ClN3O3/c1-2-24-18(23)17-16(20-22-21-17)13-8-4-6-10-15(13)25-11-12-7-3-5-9-14(12)19/h3-10H,2,11H2,1H3,(H,20,21,22). The zero-order valence-corrected chi connectivity index (χ0v) is 14.3. The summed E-state index contributed by atoms with van der Waals surface area (Å²) in [6.45, 7) is 2.29. The van der Waals surface area contributed by atoms with Crippen molar-refractivity contribution >= 4 is 17.6 Å². The molecule has 128 valence electrons. The van der Waals surface area contributed by atoms with Gasteiger partial charge in [0.25, 0.3) is 0 Å². The molecule has 3 rings (SSSR count). The number of aromatic amines is 1. The molecule has 0 bridgehead atoms. The number of rotatable bonds is 6. The van der Waals surface area contributed by atoms with E-state index in [0.717, 1.165) is 5.56 Å². The first kappa shape index (κ1) is 17.0. The van der Waals surface area contributed by atoms with E-state index in [1.165, 1.54) is 0 Å². The fourth-order valence-electron chi connectivity index (χ4n) is 2.32. The maximum atomic E-state index is 12.0. The van der Waals surface area contributed by atoms with Crippen LogP contribution in [0.2, 0.25) is 5.02 Å². The molecule has 0 fully saturated rings. The average Bonchev–Trinajstić information content (AvgIpc) is 3.11. The summed E-state index contributed by atoms with van der Waals surface area (Å²) in [5.74, 6) is 0.0361. The topological polar surface area (TPSA) is 77.1 Å². The summed E-state index contributed by atoms with van der Waals surface area (Å²) in [5.41, 5.74) is 2.01. The van der Waals surface area contributed by atoms with Crippen LogP contribution in [0.5, 0.6) is 5.75 Å². The number of hydrogen-bond acceptors (Lipinski definition) is 5. The van der Waals surface area contributed by atoms with Gasteiger partial charge in [0.1, 0.15) is 18.1 Å². The third-order valence-electron chi connectivity index (χ3n) is 3.50. The molecule has 0 aliphatic rings. The minimum absolute atomic E-state index is 0.121. The Labute approximate surface area is 149 Å².